The standard InChI is InChI=1S/C19H32O7Si/c1-17(2,3)27(8,9)26-13-11-10-12-18(4,14(20)25-16(22)24-7)19(13,5)15(21)23-6/h10-11,13H,12H2,1-9H3/t13-,18-,19+/m1/s1. The molecule has 0 amide bonds. The Balaban J connectivity index is 3.44. The highest BCUT2D eigenvalue weighted by molar-refractivity contribution is 6.74. The number of carbonyl (C=O) groups is 3. The summed E-state index contributed by atoms with van der Waals surface area (Å²) in [6, 6.07) is 0. The molecule has 0 bridgehead atoms. The minimum Gasteiger partial charge on any atom is -0.468 e. The predicted octanol–water partition coefficient (Wildman–Crippen LogP) is 3.83. The Morgan fingerprint density at radius 2 is 1.59 bits per heavy atom. The largest absolute Gasteiger partial charge is 0.515 e. The monoisotopic (exact) mass is 400 g/mol. The van der Waals surface area contributed by atoms with Crippen LogP contribution in [0.25, 0.3) is 0 Å². The summed E-state index contributed by atoms with van der Waals surface area (Å²) in [5.74, 6) is -1.45. The van der Waals surface area contributed by atoms with Crippen LogP contribution in [0.1, 0.15) is 41.0 Å². The third kappa shape index (κ3) is 4.11. The van der Waals surface area contributed by atoms with E-state index in [4.69, 9.17) is 13.9 Å². The Hall–Kier alpha value is -1.67. The molecule has 1 aliphatic rings. The number of ether oxygens (including phenoxy) is 3. The van der Waals surface area contributed by atoms with E-state index in [1.165, 1.54) is 7.11 Å². The summed E-state index contributed by atoms with van der Waals surface area (Å²) in [5, 5.41) is -0.0990. The van der Waals surface area contributed by atoms with Crippen LogP contribution < -0.4 is 0 Å². The topological polar surface area (TPSA) is 88.1 Å². The SMILES string of the molecule is COC(=O)OC(=O)[C@@]1(C)CC=C[C@@H](O[Si](C)(C)C(C)(C)C)[C@@]1(C)C(=O)OC. The first-order valence-corrected chi connectivity index (χ1v) is 11.8. The second-order valence-corrected chi connectivity index (χ2v) is 13.6. The lowest BCUT2D eigenvalue weighted by atomic mass is 9.58. The lowest BCUT2D eigenvalue weighted by molar-refractivity contribution is -0.183. The maximum Gasteiger partial charge on any atom is 0.515 e. The Morgan fingerprint density at radius 3 is 2.04 bits per heavy atom. The van der Waals surface area contributed by atoms with Gasteiger partial charge in [0.05, 0.1) is 25.7 Å². The molecule has 0 aliphatic heterocycles. The molecule has 0 heterocycles. The van der Waals surface area contributed by atoms with Gasteiger partial charge >= 0.3 is 18.1 Å². The highest BCUT2D eigenvalue weighted by Crippen LogP contribution is 2.52. The summed E-state index contributed by atoms with van der Waals surface area (Å²) in [6.45, 7) is 13.6. The number of rotatable bonds is 4. The number of hydrogen-bond donors (Lipinski definition) is 0. The van der Waals surface area contributed by atoms with Crippen LogP contribution in [0, 0.1) is 10.8 Å². The summed E-state index contributed by atoms with van der Waals surface area (Å²) in [5.41, 5.74) is -2.74. The fraction of sp³-hybridized carbons (Fsp3) is 0.737. The molecule has 0 aromatic heterocycles. The lowest BCUT2D eigenvalue weighted by Crippen LogP contribution is -2.61. The molecule has 0 aromatic rings. The zero-order valence-electron chi connectivity index (χ0n) is 17.8. The molecule has 1 rings (SSSR count). The summed E-state index contributed by atoms with van der Waals surface area (Å²) < 4.78 is 20.7. The minimum absolute atomic E-state index is 0.0990. The van der Waals surface area contributed by atoms with Crippen molar-refractivity contribution in [3.63, 3.8) is 0 Å². The molecule has 0 saturated heterocycles. The van der Waals surface area contributed by atoms with Crippen LogP contribution in [-0.2, 0) is 28.2 Å². The van der Waals surface area contributed by atoms with E-state index in [1.807, 2.05) is 0 Å². The van der Waals surface area contributed by atoms with Crippen molar-refractivity contribution in [2.75, 3.05) is 14.2 Å². The first-order chi connectivity index (χ1) is 12.2. The van der Waals surface area contributed by atoms with E-state index in [-0.39, 0.29) is 11.5 Å². The van der Waals surface area contributed by atoms with Gasteiger partial charge in [-0.3, -0.25) is 9.59 Å². The van der Waals surface area contributed by atoms with Crippen LogP contribution in [0.3, 0.4) is 0 Å². The van der Waals surface area contributed by atoms with Gasteiger partial charge in [0.25, 0.3) is 0 Å². The van der Waals surface area contributed by atoms with E-state index in [9.17, 15) is 14.4 Å². The van der Waals surface area contributed by atoms with Gasteiger partial charge in [0, 0.05) is 0 Å². The number of hydrogen-bond acceptors (Lipinski definition) is 7. The van der Waals surface area contributed by atoms with Crippen molar-refractivity contribution in [2.24, 2.45) is 10.8 Å². The number of esters is 2. The van der Waals surface area contributed by atoms with Crippen LogP contribution in [-0.4, -0.2) is 46.7 Å². The Labute approximate surface area is 162 Å². The Bertz CT molecular complexity index is 634. The second kappa shape index (κ2) is 7.75. The van der Waals surface area contributed by atoms with Gasteiger partial charge < -0.3 is 18.6 Å². The van der Waals surface area contributed by atoms with Gasteiger partial charge in [0.1, 0.15) is 5.41 Å². The molecular formula is C19H32O7Si. The minimum atomic E-state index is -2.28. The molecular weight excluding hydrogens is 368 g/mol. The summed E-state index contributed by atoms with van der Waals surface area (Å²) in [7, 11) is 0.0992. The van der Waals surface area contributed by atoms with Crippen molar-refractivity contribution in [2.45, 2.75) is 65.3 Å². The highest BCUT2D eigenvalue weighted by atomic mass is 28.4. The average Bonchev–Trinajstić information content (AvgIpc) is 2.56. The lowest BCUT2D eigenvalue weighted by Gasteiger charge is -2.50. The van der Waals surface area contributed by atoms with E-state index in [0.717, 1.165) is 7.11 Å². The predicted molar refractivity (Wildman–Crippen MR) is 103 cm³/mol. The summed E-state index contributed by atoms with van der Waals surface area (Å²) >= 11 is 0. The average molecular weight is 401 g/mol. The van der Waals surface area contributed by atoms with Crippen LogP contribution in [0.4, 0.5) is 4.79 Å². The number of carbonyl (C=O) groups excluding carboxylic acids is 3. The molecule has 0 spiro atoms. The van der Waals surface area contributed by atoms with Gasteiger partial charge in [-0.1, -0.05) is 32.9 Å². The molecule has 8 heteroatoms. The number of methoxy groups -OCH3 is 2. The molecule has 7 nitrogen and oxygen atoms in total. The van der Waals surface area contributed by atoms with Crippen molar-refractivity contribution >= 4 is 26.4 Å². The number of allylic oxidation sites excluding steroid dienone is 1. The fourth-order valence-corrected chi connectivity index (χ4v) is 4.18. The summed E-state index contributed by atoms with van der Waals surface area (Å²) in [6.07, 6.45) is 1.96. The third-order valence-corrected chi connectivity index (χ3v) is 10.6. The molecule has 154 valence electrons. The first kappa shape index (κ1) is 23.4. The normalized spacial score (nSPS) is 28.4. The van der Waals surface area contributed by atoms with Crippen molar-refractivity contribution in [3.8, 4) is 0 Å². The highest BCUT2D eigenvalue weighted by Gasteiger charge is 2.63. The molecule has 3 atom stereocenters. The van der Waals surface area contributed by atoms with Gasteiger partial charge in [-0.05, 0) is 38.4 Å². The van der Waals surface area contributed by atoms with Gasteiger partial charge in [-0.15, -0.1) is 0 Å². The molecule has 1 aliphatic carbocycles. The first-order valence-electron chi connectivity index (χ1n) is 8.90. The quantitative estimate of drug-likeness (QED) is 0.307. The van der Waals surface area contributed by atoms with Crippen molar-refractivity contribution in [3.05, 3.63) is 12.2 Å². The fourth-order valence-electron chi connectivity index (χ4n) is 2.88. The van der Waals surface area contributed by atoms with Crippen LogP contribution >= 0.6 is 0 Å². The Kier molecular flexibility index (Phi) is 6.71. The van der Waals surface area contributed by atoms with Crippen LogP contribution in [0.15, 0.2) is 12.2 Å². The van der Waals surface area contributed by atoms with E-state index >= 15 is 0 Å². The molecule has 27 heavy (non-hydrogen) atoms. The van der Waals surface area contributed by atoms with Gasteiger partial charge in [0.15, 0.2) is 8.32 Å². The second-order valence-electron chi connectivity index (χ2n) is 8.80. The van der Waals surface area contributed by atoms with E-state index in [2.05, 4.69) is 38.6 Å². The van der Waals surface area contributed by atoms with Gasteiger partial charge in [-0.2, -0.15) is 0 Å². The van der Waals surface area contributed by atoms with Crippen LogP contribution in [0.2, 0.25) is 18.1 Å². The Morgan fingerprint density at radius 1 is 1.04 bits per heavy atom. The van der Waals surface area contributed by atoms with E-state index < -0.39 is 43.3 Å². The summed E-state index contributed by atoms with van der Waals surface area (Å²) in [4.78, 5) is 37.2. The smallest absolute Gasteiger partial charge is 0.468 e. The van der Waals surface area contributed by atoms with Gasteiger partial charge in [-0.25, -0.2) is 4.79 Å². The van der Waals surface area contributed by atoms with Crippen molar-refractivity contribution in [1.82, 2.24) is 0 Å². The van der Waals surface area contributed by atoms with E-state index in [0.29, 0.717) is 0 Å². The molecule has 0 radical (unpaired) electrons. The zero-order chi connectivity index (χ0) is 21.3. The molecule has 0 aromatic carbocycles. The van der Waals surface area contributed by atoms with Crippen molar-refractivity contribution < 1.29 is 33.0 Å². The molecule has 0 unspecified atom stereocenters. The van der Waals surface area contributed by atoms with E-state index in [1.54, 1.807) is 26.0 Å². The van der Waals surface area contributed by atoms with Crippen molar-refractivity contribution in [1.29, 1.82) is 0 Å². The van der Waals surface area contributed by atoms with Gasteiger partial charge in [0.2, 0.25) is 0 Å². The molecule has 0 saturated carbocycles. The molecule has 0 N–H and O–H groups in total. The molecule has 0 fully saturated rings. The third-order valence-electron chi connectivity index (χ3n) is 6.18. The maximum absolute atomic E-state index is 12.9. The zero-order valence-corrected chi connectivity index (χ0v) is 18.8. The maximum atomic E-state index is 12.9. The van der Waals surface area contributed by atoms with Crippen LogP contribution in [0.5, 0.6) is 0 Å².